The molecule has 0 spiro atoms. The molecule has 0 bridgehead atoms. The van der Waals surface area contributed by atoms with Gasteiger partial charge in [0, 0.05) is 13.1 Å². The Balaban J connectivity index is 2.05. The largest absolute Gasteiger partial charge is 0.392 e. The summed E-state index contributed by atoms with van der Waals surface area (Å²) in [4.78, 5) is 15.0. The van der Waals surface area contributed by atoms with Crippen LogP contribution in [0.25, 0.3) is 0 Å². The Hall–Kier alpha value is -0.640. The molecule has 96 valence electrons. The molecule has 3 nitrogen and oxygen atoms in total. The van der Waals surface area contributed by atoms with E-state index in [9.17, 15) is 4.79 Å². The summed E-state index contributed by atoms with van der Waals surface area (Å²) in [6.07, 6.45) is 6.33. The van der Waals surface area contributed by atoms with E-state index in [-0.39, 0.29) is 5.91 Å². The van der Waals surface area contributed by atoms with Gasteiger partial charge in [-0.3, -0.25) is 4.79 Å². The van der Waals surface area contributed by atoms with E-state index >= 15 is 0 Å². The molecule has 2 aliphatic carbocycles. The van der Waals surface area contributed by atoms with Crippen LogP contribution in [0.2, 0.25) is 0 Å². The first-order valence-corrected chi connectivity index (χ1v) is 7.10. The van der Waals surface area contributed by atoms with Crippen molar-refractivity contribution in [3.05, 3.63) is 0 Å². The van der Waals surface area contributed by atoms with Gasteiger partial charge in [-0.1, -0.05) is 25.6 Å². The van der Waals surface area contributed by atoms with Crippen molar-refractivity contribution < 1.29 is 4.79 Å². The number of rotatable bonds is 6. The number of thiocarbonyl (C=S) groups is 1. The molecule has 2 aliphatic rings. The number of carbonyl (C=O) groups excluding carboxylic acids is 1. The molecule has 1 amide bonds. The summed E-state index contributed by atoms with van der Waals surface area (Å²) >= 11 is 5.12. The molecule has 0 atom stereocenters. The molecule has 17 heavy (non-hydrogen) atoms. The summed E-state index contributed by atoms with van der Waals surface area (Å²) in [5.41, 5.74) is 5.31. The highest BCUT2D eigenvalue weighted by molar-refractivity contribution is 7.80. The van der Waals surface area contributed by atoms with Crippen LogP contribution in [-0.2, 0) is 4.79 Å². The Morgan fingerprint density at radius 3 is 2.47 bits per heavy atom. The van der Waals surface area contributed by atoms with Crippen molar-refractivity contribution in [2.75, 3.05) is 13.1 Å². The summed E-state index contributed by atoms with van der Waals surface area (Å²) in [5.74, 6) is 0.930. The van der Waals surface area contributed by atoms with Crippen molar-refractivity contribution in [2.24, 2.45) is 17.1 Å². The molecule has 2 rings (SSSR count). The normalized spacial score (nSPS) is 21.7. The van der Waals surface area contributed by atoms with Crippen molar-refractivity contribution in [1.29, 1.82) is 0 Å². The minimum atomic E-state index is -0.487. The minimum Gasteiger partial charge on any atom is -0.392 e. The Morgan fingerprint density at radius 1 is 1.47 bits per heavy atom. The molecule has 0 aromatic rings. The van der Waals surface area contributed by atoms with E-state index in [4.69, 9.17) is 18.0 Å². The first-order valence-electron chi connectivity index (χ1n) is 6.69. The second kappa shape index (κ2) is 4.92. The van der Waals surface area contributed by atoms with E-state index in [0.29, 0.717) is 4.99 Å². The third kappa shape index (κ3) is 2.46. The topological polar surface area (TPSA) is 46.3 Å². The minimum absolute atomic E-state index is 0.199. The molecular weight excluding hydrogens is 232 g/mol. The molecule has 2 N–H and O–H groups in total. The molecule has 0 aliphatic heterocycles. The monoisotopic (exact) mass is 254 g/mol. The van der Waals surface area contributed by atoms with Crippen molar-refractivity contribution >= 4 is 23.1 Å². The average molecular weight is 254 g/mol. The second-order valence-corrected chi connectivity index (χ2v) is 5.93. The summed E-state index contributed by atoms with van der Waals surface area (Å²) in [7, 11) is 0. The van der Waals surface area contributed by atoms with Crippen LogP contribution < -0.4 is 5.73 Å². The lowest BCUT2D eigenvalue weighted by Crippen LogP contribution is -2.55. The number of carbonyl (C=O) groups is 1. The van der Waals surface area contributed by atoms with E-state index < -0.39 is 5.41 Å². The maximum Gasteiger partial charge on any atom is 0.235 e. The average Bonchev–Trinajstić information content (AvgIpc) is 2.98. The Labute approximate surface area is 109 Å². The van der Waals surface area contributed by atoms with Crippen LogP contribution in [0.3, 0.4) is 0 Å². The van der Waals surface area contributed by atoms with Crippen LogP contribution in [0.5, 0.6) is 0 Å². The molecule has 0 aromatic carbocycles. The van der Waals surface area contributed by atoms with Gasteiger partial charge >= 0.3 is 0 Å². The van der Waals surface area contributed by atoms with Crippen molar-refractivity contribution in [3.63, 3.8) is 0 Å². The highest BCUT2D eigenvalue weighted by Gasteiger charge is 2.49. The number of nitrogens with two attached hydrogens (primary N) is 1. The van der Waals surface area contributed by atoms with Gasteiger partial charge in [0.05, 0.1) is 10.4 Å². The summed E-state index contributed by atoms with van der Waals surface area (Å²) in [6.45, 7) is 3.87. The predicted molar refractivity (Wildman–Crippen MR) is 72.7 cm³/mol. The van der Waals surface area contributed by atoms with Crippen molar-refractivity contribution in [1.82, 2.24) is 4.90 Å². The fraction of sp³-hybridized carbons (Fsp3) is 0.846. The van der Waals surface area contributed by atoms with Gasteiger partial charge in [0.2, 0.25) is 5.91 Å². The van der Waals surface area contributed by atoms with E-state index in [0.717, 1.165) is 44.7 Å². The highest BCUT2D eigenvalue weighted by atomic mass is 32.1. The van der Waals surface area contributed by atoms with Crippen LogP contribution >= 0.6 is 12.2 Å². The number of nitrogens with zero attached hydrogens (tertiary/aromatic N) is 1. The highest BCUT2D eigenvalue weighted by Crippen LogP contribution is 2.43. The number of hydrogen-bond acceptors (Lipinski definition) is 2. The third-order valence-electron chi connectivity index (χ3n) is 4.04. The van der Waals surface area contributed by atoms with Crippen LogP contribution in [0.4, 0.5) is 0 Å². The first-order chi connectivity index (χ1) is 8.10. The number of amides is 1. The predicted octanol–water partition coefficient (Wildman–Crippen LogP) is 2.09. The lowest BCUT2D eigenvalue weighted by atomic mass is 9.67. The van der Waals surface area contributed by atoms with Crippen LogP contribution in [0.15, 0.2) is 0 Å². The van der Waals surface area contributed by atoms with Gasteiger partial charge in [0.15, 0.2) is 0 Å². The maximum absolute atomic E-state index is 12.6. The lowest BCUT2D eigenvalue weighted by Gasteiger charge is -2.42. The summed E-state index contributed by atoms with van der Waals surface area (Å²) < 4.78 is 0. The molecule has 0 radical (unpaired) electrons. The molecule has 2 saturated carbocycles. The van der Waals surface area contributed by atoms with Crippen LogP contribution in [0, 0.1) is 11.3 Å². The Bertz CT molecular complexity index is 321. The van der Waals surface area contributed by atoms with E-state index in [1.165, 1.54) is 12.8 Å². The molecule has 2 fully saturated rings. The molecule has 0 heterocycles. The van der Waals surface area contributed by atoms with Gasteiger partial charge in [-0.15, -0.1) is 0 Å². The number of hydrogen-bond donors (Lipinski definition) is 1. The third-order valence-corrected chi connectivity index (χ3v) is 4.44. The van der Waals surface area contributed by atoms with Gasteiger partial charge in [0.1, 0.15) is 0 Å². The molecule has 0 aromatic heterocycles. The van der Waals surface area contributed by atoms with Crippen LogP contribution in [0.1, 0.15) is 45.4 Å². The van der Waals surface area contributed by atoms with Crippen molar-refractivity contribution in [3.8, 4) is 0 Å². The van der Waals surface area contributed by atoms with Gasteiger partial charge < -0.3 is 10.6 Å². The SMILES string of the molecule is CCCN(CC1CC1)C(=O)C1(C(N)=S)CCC1. The zero-order valence-corrected chi connectivity index (χ0v) is 11.4. The summed E-state index contributed by atoms with van der Waals surface area (Å²) in [5, 5.41) is 0. The fourth-order valence-electron chi connectivity index (χ4n) is 2.56. The van der Waals surface area contributed by atoms with Gasteiger partial charge in [0.25, 0.3) is 0 Å². The van der Waals surface area contributed by atoms with Gasteiger partial charge in [-0.05, 0) is 38.0 Å². The van der Waals surface area contributed by atoms with Crippen LogP contribution in [-0.4, -0.2) is 28.9 Å². The van der Waals surface area contributed by atoms with E-state index in [1.54, 1.807) is 0 Å². The maximum atomic E-state index is 12.6. The Kier molecular flexibility index (Phi) is 3.71. The van der Waals surface area contributed by atoms with E-state index in [2.05, 4.69) is 6.92 Å². The standard InChI is InChI=1S/C13H22N2OS/c1-2-8-15(9-10-4-5-10)12(16)13(11(14)17)6-3-7-13/h10H,2-9H2,1H3,(H2,14,17). The zero-order chi connectivity index (χ0) is 12.5. The molecule has 0 saturated heterocycles. The van der Waals surface area contributed by atoms with Gasteiger partial charge in [-0.2, -0.15) is 0 Å². The second-order valence-electron chi connectivity index (χ2n) is 5.49. The molecular formula is C13H22N2OS. The van der Waals surface area contributed by atoms with E-state index in [1.807, 2.05) is 4.90 Å². The Morgan fingerprint density at radius 2 is 2.12 bits per heavy atom. The lowest BCUT2D eigenvalue weighted by molar-refractivity contribution is -0.142. The molecule has 0 unspecified atom stereocenters. The smallest absolute Gasteiger partial charge is 0.235 e. The molecule has 4 heteroatoms. The van der Waals surface area contributed by atoms with Gasteiger partial charge in [-0.25, -0.2) is 0 Å². The fourth-order valence-corrected chi connectivity index (χ4v) is 2.85. The first kappa shape index (κ1) is 12.8. The summed E-state index contributed by atoms with van der Waals surface area (Å²) in [6, 6.07) is 0. The zero-order valence-electron chi connectivity index (χ0n) is 10.6. The quantitative estimate of drug-likeness (QED) is 0.738. The van der Waals surface area contributed by atoms with Crippen molar-refractivity contribution in [2.45, 2.75) is 45.4 Å².